The lowest BCUT2D eigenvalue weighted by atomic mass is 10.0. The van der Waals surface area contributed by atoms with E-state index in [1.165, 1.54) is 0 Å². The molecule has 136 valence electrons. The predicted molar refractivity (Wildman–Crippen MR) is 114 cm³/mol. The number of hydrogen-bond donors (Lipinski definition) is 0. The van der Waals surface area contributed by atoms with Crippen molar-refractivity contribution in [2.24, 2.45) is 0 Å². The molecule has 0 radical (unpaired) electrons. The molecule has 3 rings (SSSR count). The molecule has 0 fully saturated rings. The zero-order chi connectivity index (χ0) is 19.7. The third kappa shape index (κ3) is 4.30. The van der Waals surface area contributed by atoms with E-state index in [9.17, 15) is 5.26 Å². The van der Waals surface area contributed by atoms with E-state index in [0.717, 1.165) is 0 Å². The van der Waals surface area contributed by atoms with Gasteiger partial charge in [0.15, 0.2) is 0 Å². The van der Waals surface area contributed by atoms with Gasteiger partial charge >= 0.3 is 0 Å². The summed E-state index contributed by atoms with van der Waals surface area (Å²) in [4.78, 5) is 4.58. The van der Waals surface area contributed by atoms with Crippen LogP contribution < -0.4 is 0 Å². The van der Waals surface area contributed by atoms with Crippen LogP contribution in [0.5, 0.6) is 0 Å². The number of benzene rings is 2. The monoisotopic (exact) mass is 474 g/mol. The van der Waals surface area contributed by atoms with Crippen LogP contribution in [0.15, 0.2) is 36.4 Å². The molecule has 0 amide bonds. The minimum absolute atomic E-state index is 0.0429. The second kappa shape index (κ2) is 8.45. The molecule has 3 aromatic rings. The van der Waals surface area contributed by atoms with Gasteiger partial charge in [0.05, 0.1) is 44.0 Å². The molecule has 0 N–H and O–H groups in total. The number of halogens is 6. The lowest BCUT2D eigenvalue weighted by Gasteiger charge is -2.14. The van der Waals surface area contributed by atoms with E-state index in [0.29, 0.717) is 58.2 Å². The molecule has 27 heavy (non-hydrogen) atoms. The summed E-state index contributed by atoms with van der Waals surface area (Å²) in [6.07, 6.45) is 0.0429. The summed E-state index contributed by atoms with van der Waals surface area (Å²) in [6, 6.07) is 11.9. The quantitative estimate of drug-likeness (QED) is 0.380. The Balaban J connectivity index is 2.23. The van der Waals surface area contributed by atoms with Crippen LogP contribution in [-0.4, -0.2) is 4.98 Å². The molecule has 0 aliphatic heterocycles. The SMILES string of the molecule is N#CCc1nc(-c2c(Cl)cc(Cl)cc2Cl)ccc1-c1c(Cl)cc(Cl)cc1Cl. The molecule has 1 aromatic heterocycles. The maximum atomic E-state index is 9.23. The lowest BCUT2D eigenvalue weighted by Crippen LogP contribution is -1.98. The van der Waals surface area contributed by atoms with Crippen LogP contribution in [0, 0.1) is 11.3 Å². The van der Waals surface area contributed by atoms with E-state index in [1.54, 1.807) is 36.4 Å². The number of aromatic nitrogens is 1. The van der Waals surface area contributed by atoms with Crippen molar-refractivity contribution in [3.63, 3.8) is 0 Å². The third-order valence-corrected chi connectivity index (χ3v) is 5.39. The summed E-state index contributed by atoms with van der Waals surface area (Å²) in [6.45, 7) is 0. The van der Waals surface area contributed by atoms with Crippen LogP contribution in [-0.2, 0) is 6.42 Å². The van der Waals surface area contributed by atoms with Gasteiger partial charge in [0.25, 0.3) is 0 Å². The minimum Gasteiger partial charge on any atom is -0.251 e. The molecule has 1 heterocycles. The summed E-state index contributed by atoms with van der Waals surface area (Å²) in [5.74, 6) is 0. The van der Waals surface area contributed by atoms with Crippen LogP contribution in [0.1, 0.15) is 5.69 Å². The maximum absolute atomic E-state index is 9.23. The Morgan fingerprint density at radius 2 is 1.22 bits per heavy atom. The average Bonchev–Trinajstić information content (AvgIpc) is 2.55. The molecule has 0 saturated carbocycles. The van der Waals surface area contributed by atoms with Gasteiger partial charge in [-0.3, -0.25) is 4.98 Å². The van der Waals surface area contributed by atoms with Crippen LogP contribution in [0.25, 0.3) is 22.4 Å². The summed E-state index contributed by atoms with van der Waals surface area (Å²) in [5, 5.41) is 11.5. The Kier molecular flexibility index (Phi) is 6.43. The topological polar surface area (TPSA) is 36.7 Å². The predicted octanol–water partition coefficient (Wildman–Crippen LogP) is 8.40. The lowest BCUT2D eigenvalue weighted by molar-refractivity contribution is 1.12. The van der Waals surface area contributed by atoms with E-state index in [-0.39, 0.29) is 6.42 Å². The molecule has 2 nitrogen and oxygen atoms in total. The van der Waals surface area contributed by atoms with Gasteiger partial charge in [0.1, 0.15) is 0 Å². The zero-order valence-electron chi connectivity index (χ0n) is 13.3. The summed E-state index contributed by atoms with van der Waals surface area (Å²) >= 11 is 37.2. The smallest absolute Gasteiger partial charge is 0.0781 e. The fraction of sp³-hybridized carbons (Fsp3) is 0.0526. The second-order valence-corrected chi connectivity index (χ2v) is 8.02. The Morgan fingerprint density at radius 1 is 0.741 bits per heavy atom. The molecular formula is C19H8Cl6N2. The van der Waals surface area contributed by atoms with Gasteiger partial charge in [-0.05, 0) is 30.3 Å². The van der Waals surface area contributed by atoms with Gasteiger partial charge in [-0.25, -0.2) is 0 Å². The second-order valence-electron chi connectivity index (χ2n) is 5.51. The van der Waals surface area contributed by atoms with E-state index < -0.39 is 0 Å². The van der Waals surface area contributed by atoms with Gasteiger partial charge in [-0.2, -0.15) is 5.26 Å². The molecule has 0 unspecified atom stereocenters. The van der Waals surface area contributed by atoms with Crippen molar-refractivity contribution in [1.29, 1.82) is 5.26 Å². The van der Waals surface area contributed by atoms with Crippen molar-refractivity contribution in [1.82, 2.24) is 4.98 Å². The van der Waals surface area contributed by atoms with Gasteiger partial charge in [-0.1, -0.05) is 75.7 Å². The first-order valence-electron chi connectivity index (χ1n) is 7.48. The van der Waals surface area contributed by atoms with Gasteiger partial charge in [-0.15, -0.1) is 0 Å². The van der Waals surface area contributed by atoms with Crippen molar-refractivity contribution in [3.05, 3.63) is 72.2 Å². The number of nitrogens with zero attached hydrogens (tertiary/aromatic N) is 2. The molecule has 0 spiro atoms. The van der Waals surface area contributed by atoms with Crippen molar-refractivity contribution in [2.45, 2.75) is 6.42 Å². The molecule has 0 aliphatic rings. The molecule has 0 atom stereocenters. The molecule has 0 aliphatic carbocycles. The standard InChI is InChI=1S/C19H8Cl6N2/c20-9-5-12(22)18(13(23)6-9)11-1-2-17(27-16(11)3-4-26)19-14(24)7-10(21)8-15(19)25/h1-2,5-8H,3H2. The Hall–Kier alpha value is -1.18. The van der Waals surface area contributed by atoms with E-state index in [4.69, 9.17) is 69.6 Å². The third-order valence-electron chi connectivity index (χ3n) is 3.76. The Bertz CT molecular complexity index is 1040. The Labute approximate surface area is 186 Å². The number of hydrogen-bond acceptors (Lipinski definition) is 2. The van der Waals surface area contributed by atoms with E-state index >= 15 is 0 Å². The van der Waals surface area contributed by atoms with Crippen molar-refractivity contribution in [3.8, 4) is 28.5 Å². The average molecular weight is 477 g/mol. The highest BCUT2D eigenvalue weighted by molar-refractivity contribution is 6.42. The first-order valence-corrected chi connectivity index (χ1v) is 9.75. The van der Waals surface area contributed by atoms with Gasteiger partial charge in [0, 0.05) is 26.7 Å². The van der Waals surface area contributed by atoms with E-state index in [2.05, 4.69) is 11.1 Å². The summed E-state index contributed by atoms with van der Waals surface area (Å²) in [7, 11) is 0. The summed E-state index contributed by atoms with van der Waals surface area (Å²) in [5.41, 5.74) is 2.72. The van der Waals surface area contributed by atoms with Crippen LogP contribution in [0.4, 0.5) is 0 Å². The fourth-order valence-electron chi connectivity index (χ4n) is 2.66. The van der Waals surface area contributed by atoms with Crippen LogP contribution in [0.3, 0.4) is 0 Å². The highest BCUT2D eigenvalue weighted by atomic mass is 35.5. The number of pyridine rings is 1. The first kappa shape index (κ1) is 20.6. The molecule has 0 bridgehead atoms. The van der Waals surface area contributed by atoms with Crippen LogP contribution in [0.2, 0.25) is 30.1 Å². The number of rotatable bonds is 3. The Morgan fingerprint density at radius 3 is 1.70 bits per heavy atom. The summed E-state index contributed by atoms with van der Waals surface area (Å²) < 4.78 is 0. The maximum Gasteiger partial charge on any atom is 0.0781 e. The zero-order valence-corrected chi connectivity index (χ0v) is 17.9. The highest BCUT2D eigenvalue weighted by Crippen LogP contribution is 2.41. The van der Waals surface area contributed by atoms with Crippen LogP contribution >= 0.6 is 69.6 Å². The minimum atomic E-state index is 0.0429. The molecule has 8 heteroatoms. The largest absolute Gasteiger partial charge is 0.251 e. The molecule has 0 saturated heterocycles. The van der Waals surface area contributed by atoms with Crippen molar-refractivity contribution >= 4 is 69.6 Å². The normalized spacial score (nSPS) is 10.7. The van der Waals surface area contributed by atoms with Gasteiger partial charge in [0.2, 0.25) is 0 Å². The fourth-order valence-corrected chi connectivity index (χ4v) is 4.70. The van der Waals surface area contributed by atoms with Crippen molar-refractivity contribution < 1.29 is 0 Å². The van der Waals surface area contributed by atoms with E-state index in [1.807, 2.05) is 0 Å². The molecular weight excluding hydrogens is 469 g/mol. The number of nitriles is 1. The first-order chi connectivity index (χ1) is 12.8. The van der Waals surface area contributed by atoms with Gasteiger partial charge < -0.3 is 0 Å². The molecule has 2 aromatic carbocycles. The highest BCUT2D eigenvalue weighted by Gasteiger charge is 2.18. The van der Waals surface area contributed by atoms with Crippen molar-refractivity contribution in [2.75, 3.05) is 0 Å².